The molecule has 1 fully saturated rings. The van der Waals surface area contributed by atoms with E-state index in [0.29, 0.717) is 18.8 Å². The van der Waals surface area contributed by atoms with Gasteiger partial charge >= 0.3 is 0 Å². The fourth-order valence-electron chi connectivity index (χ4n) is 2.43. The third kappa shape index (κ3) is 3.56. The maximum atomic E-state index is 12.8. The van der Waals surface area contributed by atoms with Crippen molar-refractivity contribution in [3.63, 3.8) is 0 Å². The first kappa shape index (κ1) is 15.4. The van der Waals surface area contributed by atoms with Crippen LogP contribution < -0.4 is 5.32 Å². The Morgan fingerprint density at radius 1 is 1.29 bits per heavy atom. The van der Waals surface area contributed by atoms with Crippen LogP contribution in [0.5, 0.6) is 0 Å². The normalized spacial score (nSPS) is 23.7. The van der Waals surface area contributed by atoms with Crippen LogP contribution in [0.4, 0.5) is 0 Å². The van der Waals surface area contributed by atoms with Crippen molar-refractivity contribution in [3.05, 3.63) is 24.3 Å². The average molecular weight is 290 g/mol. The van der Waals surface area contributed by atoms with E-state index in [2.05, 4.69) is 15.3 Å². The molecule has 1 aromatic rings. The minimum absolute atomic E-state index is 0.0756. The average Bonchev–Trinajstić information content (AvgIpc) is 2.50. The Hall–Kier alpha value is -1.98. The summed E-state index contributed by atoms with van der Waals surface area (Å²) in [4.78, 5) is 34.8. The van der Waals surface area contributed by atoms with Gasteiger partial charge in [0, 0.05) is 24.9 Å². The van der Waals surface area contributed by atoms with Gasteiger partial charge in [-0.15, -0.1) is 0 Å². The minimum Gasteiger partial charge on any atom is -0.344 e. The molecule has 2 amide bonds. The van der Waals surface area contributed by atoms with Crippen LogP contribution in [0, 0.1) is 5.41 Å². The van der Waals surface area contributed by atoms with Crippen molar-refractivity contribution in [1.29, 1.82) is 0 Å². The third-order valence-corrected chi connectivity index (χ3v) is 3.65. The van der Waals surface area contributed by atoms with Crippen LogP contribution in [0.25, 0.3) is 0 Å². The van der Waals surface area contributed by atoms with E-state index in [1.807, 2.05) is 27.7 Å². The maximum Gasteiger partial charge on any atom is 0.246 e. The molecular formula is C15H22N4O2. The van der Waals surface area contributed by atoms with Crippen molar-refractivity contribution < 1.29 is 9.59 Å². The Balaban J connectivity index is 2.28. The van der Waals surface area contributed by atoms with Crippen LogP contribution in [0.1, 0.15) is 39.9 Å². The van der Waals surface area contributed by atoms with Crippen LogP contribution >= 0.6 is 0 Å². The molecule has 2 rings (SSSR count). The first-order valence-corrected chi connectivity index (χ1v) is 7.15. The molecule has 0 radical (unpaired) electrons. The number of amides is 2. The molecule has 6 nitrogen and oxygen atoms in total. The number of hydrogen-bond donors (Lipinski definition) is 1. The SMILES string of the molecule is CC1CC(=O)NC(C(C)(C)C)C(=O)N1Cc1ncccn1. The lowest BCUT2D eigenvalue weighted by atomic mass is 9.86. The van der Waals surface area contributed by atoms with Crippen molar-refractivity contribution in [1.82, 2.24) is 20.2 Å². The van der Waals surface area contributed by atoms with Gasteiger partial charge in [0.05, 0.1) is 6.54 Å². The number of nitrogens with one attached hydrogen (secondary N) is 1. The molecule has 1 N–H and O–H groups in total. The van der Waals surface area contributed by atoms with Crippen molar-refractivity contribution in [3.8, 4) is 0 Å². The highest BCUT2D eigenvalue weighted by atomic mass is 16.2. The Labute approximate surface area is 125 Å². The molecule has 2 heterocycles. The van der Waals surface area contributed by atoms with E-state index in [1.54, 1.807) is 23.4 Å². The predicted octanol–water partition coefficient (Wildman–Crippen LogP) is 1.13. The van der Waals surface area contributed by atoms with E-state index in [0.717, 1.165) is 0 Å². The molecule has 114 valence electrons. The molecule has 6 heteroatoms. The zero-order chi connectivity index (χ0) is 15.6. The van der Waals surface area contributed by atoms with Crippen LogP contribution in [0.2, 0.25) is 0 Å². The monoisotopic (exact) mass is 290 g/mol. The molecule has 1 saturated heterocycles. The molecule has 0 aliphatic carbocycles. The Morgan fingerprint density at radius 2 is 1.90 bits per heavy atom. The van der Waals surface area contributed by atoms with Crippen molar-refractivity contribution in [2.24, 2.45) is 5.41 Å². The Morgan fingerprint density at radius 3 is 2.48 bits per heavy atom. The summed E-state index contributed by atoms with van der Waals surface area (Å²) < 4.78 is 0. The standard InChI is InChI=1S/C15H22N4O2/c1-10-8-12(20)18-13(15(2,3)4)14(21)19(10)9-11-16-6-5-7-17-11/h5-7,10,13H,8-9H2,1-4H3,(H,18,20). The summed E-state index contributed by atoms with van der Waals surface area (Å²) in [6.07, 6.45) is 3.60. The number of carbonyl (C=O) groups excluding carboxylic acids is 2. The first-order valence-electron chi connectivity index (χ1n) is 7.15. The van der Waals surface area contributed by atoms with Gasteiger partial charge in [0.25, 0.3) is 0 Å². The molecule has 0 aromatic carbocycles. The maximum absolute atomic E-state index is 12.8. The first-order chi connectivity index (χ1) is 9.79. The van der Waals surface area contributed by atoms with Crippen molar-refractivity contribution >= 4 is 11.8 Å². The van der Waals surface area contributed by atoms with Gasteiger partial charge in [0.2, 0.25) is 11.8 Å². The second kappa shape index (κ2) is 5.79. The number of hydrogen-bond acceptors (Lipinski definition) is 4. The highest BCUT2D eigenvalue weighted by molar-refractivity contribution is 5.91. The van der Waals surface area contributed by atoms with Gasteiger partial charge in [-0.05, 0) is 18.4 Å². The van der Waals surface area contributed by atoms with Crippen molar-refractivity contribution in [2.45, 2.75) is 52.7 Å². The molecule has 2 atom stereocenters. The van der Waals surface area contributed by atoms with Crippen LogP contribution in [-0.2, 0) is 16.1 Å². The molecule has 0 spiro atoms. The summed E-state index contributed by atoms with van der Waals surface area (Å²) in [7, 11) is 0. The van der Waals surface area contributed by atoms with E-state index in [9.17, 15) is 9.59 Å². The fraction of sp³-hybridized carbons (Fsp3) is 0.600. The van der Waals surface area contributed by atoms with E-state index >= 15 is 0 Å². The highest BCUT2D eigenvalue weighted by Crippen LogP contribution is 2.25. The molecular weight excluding hydrogens is 268 g/mol. The molecule has 0 bridgehead atoms. The molecule has 1 aliphatic heterocycles. The van der Waals surface area contributed by atoms with E-state index < -0.39 is 6.04 Å². The topological polar surface area (TPSA) is 75.2 Å². The molecule has 21 heavy (non-hydrogen) atoms. The summed E-state index contributed by atoms with van der Waals surface area (Å²) in [6, 6.07) is 1.03. The quantitative estimate of drug-likeness (QED) is 0.886. The summed E-state index contributed by atoms with van der Waals surface area (Å²) in [5.41, 5.74) is -0.341. The largest absolute Gasteiger partial charge is 0.344 e. The van der Waals surface area contributed by atoms with E-state index in [1.165, 1.54) is 0 Å². The third-order valence-electron chi connectivity index (χ3n) is 3.65. The molecule has 2 unspecified atom stereocenters. The van der Waals surface area contributed by atoms with Crippen LogP contribution in [0.15, 0.2) is 18.5 Å². The number of rotatable bonds is 2. The van der Waals surface area contributed by atoms with Gasteiger partial charge < -0.3 is 10.2 Å². The van der Waals surface area contributed by atoms with Gasteiger partial charge in [-0.2, -0.15) is 0 Å². The van der Waals surface area contributed by atoms with Gasteiger partial charge in [-0.1, -0.05) is 20.8 Å². The van der Waals surface area contributed by atoms with Crippen LogP contribution in [0.3, 0.4) is 0 Å². The summed E-state index contributed by atoms with van der Waals surface area (Å²) in [6.45, 7) is 8.04. The number of aromatic nitrogens is 2. The summed E-state index contributed by atoms with van der Waals surface area (Å²) in [5, 5.41) is 2.84. The summed E-state index contributed by atoms with van der Waals surface area (Å²) in [5.74, 6) is 0.417. The fourth-order valence-corrected chi connectivity index (χ4v) is 2.43. The summed E-state index contributed by atoms with van der Waals surface area (Å²) >= 11 is 0. The zero-order valence-electron chi connectivity index (χ0n) is 13.0. The molecule has 1 aliphatic rings. The van der Waals surface area contributed by atoms with Crippen molar-refractivity contribution in [2.75, 3.05) is 0 Å². The number of carbonyl (C=O) groups is 2. The number of nitrogens with zero attached hydrogens (tertiary/aromatic N) is 3. The molecule has 1 aromatic heterocycles. The smallest absolute Gasteiger partial charge is 0.246 e. The van der Waals surface area contributed by atoms with E-state index in [-0.39, 0.29) is 23.3 Å². The zero-order valence-corrected chi connectivity index (χ0v) is 13.0. The molecule has 0 saturated carbocycles. The highest BCUT2D eigenvalue weighted by Gasteiger charge is 2.40. The van der Waals surface area contributed by atoms with E-state index in [4.69, 9.17) is 0 Å². The minimum atomic E-state index is -0.529. The lowest BCUT2D eigenvalue weighted by molar-refractivity contribution is -0.138. The van der Waals surface area contributed by atoms with Gasteiger partial charge in [0.1, 0.15) is 11.9 Å². The lowest BCUT2D eigenvalue weighted by Crippen LogP contribution is -2.52. The second-order valence-corrected chi connectivity index (χ2v) is 6.55. The van der Waals surface area contributed by atoms with Crippen LogP contribution in [-0.4, -0.2) is 38.8 Å². The second-order valence-electron chi connectivity index (χ2n) is 6.55. The predicted molar refractivity (Wildman–Crippen MR) is 78.0 cm³/mol. The lowest BCUT2D eigenvalue weighted by Gasteiger charge is -2.33. The Kier molecular flexibility index (Phi) is 4.25. The van der Waals surface area contributed by atoms with Gasteiger partial charge in [-0.25, -0.2) is 9.97 Å². The Bertz CT molecular complexity index is 524. The van der Waals surface area contributed by atoms with Gasteiger partial charge in [-0.3, -0.25) is 9.59 Å². The van der Waals surface area contributed by atoms with Gasteiger partial charge in [0.15, 0.2) is 0 Å².